The van der Waals surface area contributed by atoms with E-state index in [1.54, 1.807) is 30.3 Å². The standard InChI is InChI=1S/C23H23ClN2O4S/c1-4-21(23(28)26-18-11-14(2)17(24)13-20(18)29-3)31-16-8-5-7-15(12-16)25-22(27)19-9-6-10-30-19/h5-13,21H,4H2,1-3H3,(H,25,27)(H,26,28). The maximum absolute atomic E-state index is 12.9. The maximum atomic E-state index is 12.9. The summed E-state index contributed by atoms with van der Waals surface area (Å²) in [5.41, 5.74) is 2.04. The maximum Gasteiger partial charge on any atom is 0.291 e. The van der Waals surface area contributed by atoms with Gasteiger partial charge in [0.05, 0.1) is 24.3 Å². The fraction of sp³-hybridized carbons (Fsp3) is 0.217. The van der Waals surface area contributed by atoms with Gasteiger partial charge in [-0.25, -0.2) is 0 Å². The number of ether oxygens (including phenoxy) is 1. The molecule has 2 amide bonds. The predicted molar refractivity (Wildman–Crippen MR) is 124 cm³/mol. The monoisotopic (exact) mass is 458 g/mol. The minimum Gasteiger partial charge on any atom is -0.495 e. The first-order valence-electron chi connectivity index (χ1n) is 9.67. The minimum atomic E-state index is -0.336. The molecule has 162 valence electrons. The van der Waals surface area contributed by atoms with E-state index >= 15 is 0 Å². The largest absolute Gasteiger partial charge is 0.495 e. The van der Waals surface area contributed by atoms with Crippen molar-refractivity contribution >= 4 is 46.6 Å². The number of rotatable bonds is 8. The number of hydrogen-bond acceptors (Lipinski definition) is 5. The first kappa shape index (κ1) is 22.8. The smallest absolute Gasteiger partial charge is 0.291 e. The third kappa shape index (κ3) is 5.83. The molecule has 0 fully saturated rings. The number of aryl methyl sites for hydroxylation is 1. The number of carbonyl (C=O) groups is 2. The number of thioether (sulfide) groups is 1. The lowest BCUT2D eigenvalue weighted by molar-refractivity contribution is -0.115. The Morgan fingerprint density at radius 1 is 1.16 bits per heavy atom. The molecule has 2 N–H and O–H groups in total. The molecule has 0 bridgehead atoms. The molecule has 1 atom stereocenters. The molecule has 0 aliphatic heterocycles. The van der Waals surface area contributed by atoms with Gasteiger partial charge >= 0.3 is 0 Å². The Balaban J connectivity index is 1.70. The molecule has 1 unspecified atom stereocenters. The van der Waals surface area contributed by atoms with Gasteiger partial charge in [0, 0.05) is 21.7 Å². The van der Waals surface area contributed by atoms with E-state index in [4.69, 9.17) is 20.8 Å². The molecule has 1 heterocycles. The third-order valence-corrected chi connectivity index (χ3v) is 6.28. The van der Waals surface area contributed by atoms with E-state index in [-0.39, 0.29) is 22.8 Å². The average Bonchev–Trinajstić information content (AvgIpc) is 3.29. The molecule has 8 heteroatoms. The average molecular weight is 459 g/mol. The van der Waals surface area contributed by atoms with Crippen molar-refractivity contribution in [3.8, 4) is 5.75 Å². The molecule has 0 saturated heterocycles. The summed E-state index contributed by atoms with van der Waals surface area (Å²) in [6, 6.07) is 14.1. The van der Waals surface area contributed by atoms with E-state index in [9.17, 15) is 9.59 Å². The number of methoxy groups -OCH3 is 1. The summed E-state index contributed by atoms with van der Waals surface area (Å²) < 4.78 is 10.5. The molecule has 1 aromatic heterocycles. The highest BCUT2D eigenvalue weighted by atomic mass is 35.5. The summed E-state index contributed by atoms with van der Waals surface area (Å²) in [4.78, 5) is 26.0. The zero-order valence-electron chi connectivity index (χ0n) is 17.4. The van der Waals surface area contributed by atoms with Crippen molar-refractivity contribution in [2.45, 2.75) is 30.4 Å². The first-order valence-corrected chi connectivity index (χ1v) is 10.9. The number of anilines is 2. The van der Waals surface area contributed by atoms with E-state index in [0.29, 0.717) is 28.6 Å². The van der Waals surface area contributed by atoms with Crippen molar-refractivity contribution in [1.82, 2.24) is 0 Å². The van der Waals surface area contributed by atoms with Crippen LogP contribution in [-0.2, 0) is 4.79 Å². The van der Waals surface area contributed by atoms with Crippen LogP contribution in [0.5, 0.6) is 5.75 Å². The van der Waals surface area contributed by atoms with Gasteiger partial charge < -0.3 is 19.8 Å². The molecule has 0 saturated carbocycles. The lowest BCUT2D eigenvalue weighted by atomic mass is 10.2. The normalized spacial score (nSPS) is 11.6. The van der Waals surface area contributed by atoms with Crippen LogP contribution in [0.2, 0.25) is 5.02 Å². The highest BCUT2D eigenvalue weighted by molar-refractivity contribution is 8.00. The van der Waals surface area contributed by atoms with Crippen molar-refractivity contribution in [3.05, 3.63) is 71.1 Å². The second-order valence-electron chi connectivity index (χ2n) is 6.76. The van der Waals surface area contributed by atoms with Gasteiger partial charge in [-0.1, -0.05) is 24.6 Å². The minimum absolute atomic E-state index is 0.141. The molecule has 3 rings (SSSR count). The van der Waals surface area contributed by atoms with Gasteiger partial charge in [0.15, 0.2) is 5.76 Å². The van der Waals surface area contributed by atoms with Crippen molar-refractivity contribution in [2.24, 2.45) is 0 Å². The molecular formula is C23H23ClN2O4S. The Hall–Kier alpha value is -2.90. The Kier molecular flexibility index (Phi) is 7.65. The van der Waals surface area contributed by atoms with Crippen LogP contribution < -0.4 is 15.4 Å². The highest BCUT2D eigenvalue weighted by Gasteiger charge is 2.20. The topological polar surface area (TPSA) is 80.6 Å². The Bertz CT molecular complexity index is 1070. The van der Waals surface area contributed by atoms with E-state index in [1.807, 2.05) is 32.0 Å². The summed E-state index contributed by atoms with van der Waals surface area (Å²) in [7, 11) is 1.53. The number of hydrogen-bond donors (Lipinski definition) is 2. The molecule has 2 aromatic carbocycles. The number of benzene rings is 2. The quantitative estimate of drug-likeness (QED) is 0.404. The van der Waals surface area contributed by atoms with Crippen LogP contribution in [0.4, 0.5) is 11.4 Å². The summed E-state index contributed by atoms with van der Waals surface area (Å²) >= 11 is 7.57. The van der Waals surface area contributed by atoms with Crippen LogP contribution in [0, 0.1) is 6.92 Å². The van der Waals surface area contributed by atoms with Gasteiger partial charge in [-0.2, -0.15) is 0 Å². The van der Waals surface area contributed by atoms with E-state index < -0.39 is 0 Å². The van der Waals surface area contributed by atoms with Gasteiger partial charge in [-0.05, 0) is 55.3 Å². The molecular weight excluding hydrogens is 436 g/mol. The van der Waals surface area contributed by atoms with Crippen molar-refractivity contribution < 1.29 is 18.7 Å². The van der Waals surface area contributed by atoms with Crippen LogP contribution in [0.1, 0.15) is 29.5 Å². The summed E-state index contributed by atoms with van der Waals surface area (Å²) in [5, 5.41) is 5.97. The number of carbonyl (C=O) groups excluding carboxylic acids is 2. The zero-order chi connectivity index (χ0) is 22.4. The second-order valence-corrected chi connectivity index (χ2v) is 8.45. The van der Waals surface area contributed by atoms with Crippen LogP contribution in [0.3, 0.4) is 0 Å². The highest BCUT2D eigenvalue weighted by Crippen LogP contribution is 2.33. The van der Waals surface area contributed by atoms with Gasteiger partial charge in [-0.15, -0.1) is 11.8 Å². The second kappa shape index (κ2) is 10.4. The first-order chi connectivity index (χ1) is 14.9. The fourth-order valence-corrected chi connectivity index (χ4v) is 4.04. The van der Waals surface area contributed by atoms with Gasteiger partial charge in [-0.3, -0.25) is 9.59 Å². The molecule has 0 spiro atoms. The lowest BCUT2D eigenvalue weighted by Crippen LogP contribution is -2.24. The van der Waals surface area contributed by atoms with Crippen molar-refractivity contribution in [1.29, 1.82) is 0 Å². The predicted octanol–water partition coefficient (Wildman–Crippen LogP) is 6.01. The van der Waals surface area contributed by atoms with Gasteiger partial charge in [0.25, 0.3) is 5.91 Å². The zero-order valence-corrected chi connectivity index (χ0v) is 19.0. The summed E-state index contributed by atoms with van der Waals surface area (Å²) in [5.74, 6) is 0.266. The van der Waals surface area contributed by atoms with Gasteiger partial charge in [0.1, 0.15) is 5.75 Å². The van der Waals surface area contributed by atoms with E-state index in [1.165, 1.54) is 25.1 Å². The summed E-state index contributed by atoms with van der Waals surface area (Å²) in [6.07, 6.45) is 2.07. The molecule has 0 aliphatic rings. The third-order valence-electron chi connectivity index (χ3n) is 4.52. The van der Waals surface area contributed by atoms with Crippen LogP contribution >= 0.6 is 23.4 Å². The van der Waals surface area contributed by atoms with Crippen LogP contribution in [0.25, 0.3) is 0 Å². The van der Waals surface area contributed by atoms with Crippen LogP contribution in [0.15, 0.2) is 64.1 Å². The van der Waals surface area contributed by atoms with Gasteiger partial charge in [0.2, 0.25) is 5.91 Å². The van der Waals surface area contributed by atoms with Crippen molar-refractivity contribution in [3.63, 3.8) is 0 Å². The number of furan rings is 1. The Morgan fingerprint density at radius 3 is 2.65 bits per heavy atom. The lowest BCUT2D eigenvalue weighted by Gasteiger charge is -2.17. The number of halogens is 1. The Labute approximate surface area is 190 Å². The molecule has 31 heavy (non-hydrogen) atoms. The fourth-order valence-electron chi connectivity index (χ4n) is 2.88. The molecule has 0 radical (unpaired) electrons. The summed E-state index contributed by atoms with van der Waals surface area (Å²) in [6.45, 7) is 3.82. The Morgan fingerprint density at radius 2 is 1.97 bits per heavy atom. The SMILES string of the molecule is CCC(Sc1cccc(NC(=O)c2ccco2)c1)C(=O)Nc1cc(C)c(Cl)cc1OC. The van der Waals surface area contributed by atoms with Crippen LogP contribution in [-0.4, -0.2) is 24.2 Å². The van der Waals surface area contributed by atoms with E-state index in [0.717, 1.165) is 10.5 Å². The molecule has 0 aliphatic carbocycles. The number of nitrogens with one attached hydrogen (secondary N) is 2. The van der Waals surface area contributed by atoms with E-state index in [2.05, 4.69) is 10.6 Å². The molecule has 3 aromatic rings. The van der Waals surface area contributed by atoms with Crippen molar-refractivity contribution in [2.75, 3.05) is 17.7 Å². The molecule has 6 nitrogen and oxygen atoms in total. The number of amides is 2.